The summed E-state index contributed by atoms with van der Waals surface area (Å²) < 4.78 is 11.2. The lowest BCUT2D eigenvalue weighted by Crippen LogP contribution is -2.60. The molecule has 6 N–H and O–H groups in total. The van der Waals surface area contributed by atoms with Gasteiger partial charge in [-0.2, -0.15) is 0 Å². The molecule has 0 radical (unpaired) electrons. The van der Waals surface area contributed by atoms with E-state index < -0.39 is 49.5 Å². The fourth-order valence-corrected chi connectivity index (χ4v) is 6.68. The standard InChI is InChI=1S/C41H79NO8/c1-3-5-7-9-11-13-15-17-19-21-23-25-27-29-31-37(45)42-34(33-49-41-40(48)39(47)38(46)36(32-43)50-41)35(44)30-28-26-24-22-20-18-16-14-12-10-8-6-4-2/h28,30,34-36,38-41,43-44,46-48H,3-27,29,31-33H2,1-2H3,(H,42,45)/b30-28+/t34-,35-,36-,38-,39+,40-,41-/m0/s1. The van der Waals surface area contributed by atoms with Crippen LogP contribution in [0.4, 0.5) is 0 Å². The predicted molar refractivity (Wildman–Crippen MR) is 203 cm³/mol. The number of unbranched alkanes of at least 4 members (excludes halogenated alkanes) is 24. The lowest BCUT2D eigenvalue weighted by molar-refractivity contribution is -0.302. The van der Waals surface area contributed by atoms with Crippen LogP contribution in [0.3, 0.4) is 0 Å². The number of nitrogens with one attached hydrogen (secondary N) is 1. The molecule has 0 bridgehead atoms. The highest BCUT2D eigenvalue weighted by molar-refractivity contribution is 5.76. The van der Waals surface area contributed by atoms with Gasteiger partial charge >= 0.3 is 0 Å². The monoisotopic (exact) mass is 714 g/mol. The Labute approximate surface area is 306 Å². The van der Waals surface area contributed by atoms with E-state index in [0.29, 0.717) is 6.42 Å². The van der Waals surface area contributed by atoms with E-state index in [1.165, 1.54) is 128 Å². The maximum Gasteiger partial charge on any atom is 0.220 e. The maximum atomic E-state index is 12.9. The first-order valence-corrected chi connectivity index (χ1v) is 20.9. The van der Waals surface area contributed by atoms with Gasteiger partial charge in [0.15, 0.2) is 6.29 Å². The van der Waals surface area contributed by atoms with Gasteiger partial charge in [-0.3, -0.25) is 4.79 Å². The molecule has 50 heavy (non-hydrogen) atoms. The van der Waals surface area contributed by atoms with Crippen molar-refractivity contribution in [1.29, 1.82) is 0 Å². The van der Waals surface area contributed by atoms with E-state index in [4.69, 9.17) is 9.47 Å². The van der Waals surface area contributed by atoms with Crippen molar-refractivity contribution in [2.24, 2.45) is 0 Å². The summed E-state index contributed by atoms with van der Waals surface area (Å²) in [4.78, 5) is 12.9. The molecular formula is C41H79NO8. The molecule has 1 heterocycles. The molecule has 1 saturated heterocycles. The Kier molecular flexibility index (Phi) is 30.6. The van der Waals surface area contributed by atoms with Gasteiger partial charge in [-0.05, 0) is 19.3 Å². The van der Waals surface area contributed by atoms with Gasteiger partial charge in [-0.1, -0.05) is 174 Å². The van der Waals surface area contributed by atoms with Crippen LogP contribution in [0, 0.1) is 0 Å². The first-order chi connectivity index (χ1) is 24.3. The summed E-state index contributed by atoms with van der Waals surface area (Å²) in [6.07, 6.45) is 28.2. The predicted octanol–water partition coefficient (Wildman–Crippen LogP) is 7.78. The Morgan fingerprint density at radius 1 is 0.660 bits per heavy atom. The Morgan fingerprint density at radius 3 is 1.56 bits per heavy atom. The van der Waals surface area contributed by atoms with Gasteiger partial charge in [-0.15, -0.1) is 0 Å². The minimum absolute atomic E-state index is 0.177. The van der Waals surface area contributed by atoms with Crippen LogP contribution in [0.25, 0.3) is 0 Å². The molecule has 1 fully saturated rings. The Morgan fingerprint density at radius 2 is 1.10 bits per heavy atom. The van der Waals surface area contributed by atoms with Gasteiger partial charge in [0.05, 0.1) is 25.4 Å². The van der Waals surface area contributed by atoms with Crippen molar-refractivity contribution < 1.29 is 39.8 Å². The number of aliphatic hydroxyl groups excluding tert-OH is 5. The zero-order valence-electron chi connectivity index (χ0n) is 32.2. The third-order valence-corrected chi connectivity index (χ3v) is 10.1. The summed E-state index contributed by atoms with van der Waals surface area (Å²) in [5.74, 6) is -0.177. The molecule has 0 aromatic heterocycles. The molecule has 1 aliphatic rings. The second-order valence-corrected chi connectivity index (χ2v) is 14.8. The highest BCUT2D eigenvalue weighted by atomic mass is 16.7. The molecule has 0 saturated carbocycles. The second-order valence-electron chi connectivity index (χ2n) is 14.8. The smallest absolute Gasteiger partial charge is 0.220 e. The van der Waals surface area contributed by atoms with Crippen molar-refractivity contribution >= 4 is 5.91 Å². The third-order valence-electron chi connectivity index (χ3n) is 10.1. The van der Waals surface area contributed by atoms with E-state index in [-0.39, 0.29) is 12.5 Å². The fourth-order valence-electron chi connectivity index (χ4n) is 6.68. The molecule has 0 aromatic rings. The zero-order chi connectivity index (χ0) is 36.7. The molecule has 1 rings (SSSR count). The third kappa shape index (κ3) is 23.5. The van der Waals surface area contributed by atoms with Crippen LogP contribution in [0.15, 0.2) is 12.2 Å². The van der Waals surface area contributed by atoms with Crippen LogP contribution in [-0.4, -0.2) is 87.5 Å². The molecule has 0 aromatic carbocycles. The zero-order valence-corrected chi connectivity index (χ0v) is 32.2. The first kappa shape index (κ1) is 47.0. The molecule has 0 aliphatic carbocycles. The van der Waals surface area contributed by atoms with Gasteiger partial charge < -0.3 is 40.3 Å². The van der Waals surface area contributed by atoms with Crippen LogP contribution in [0.5, 0.6) is 0 Å². The highest BCUT2D eigenvalue weighted by Crippen LogP contribution is 2.22. The lowest BCUT2D eigenvalue weighted by Gasteiger charge is -2.40. The Balaban J connectivity index is 2.41. The normalized spacial score (nSPS) is 22.3. The Hall–Kier alpha value is -1.07. The Bertz CT molecular complexity index is 797. The van der Waals surface area contributed by atoms with E-state index in [0.717, 1.165) is 38.5 Å². The molecular weight excluding hydrogens is 634 g/mol. The van der Waals surface area contributed by atoms with Crippen molar-refractivity contribution in [3.05, 3.63) is 12.2 Å². The average molecular weight is 714 g/mol. The number of hydrogen-bond acceptors (Lipinski definition) is 8. The fraction of sp³-hybridized carbons (Fsp3) is 0.927. The molecule has 1 aliphatic heterocycles. The minimum atomic E-state index is -1.56. The number of aliphatic hydroxyl groups is 5. The number of carbonyl (C=O) groups excluding carboxylic acids is 1. The van der Waals surface area contributed by atoms with E-state index in [1.807, 2.05) is 6.08 Å². The van der Waals surface area contributed by atoms with Gasteiger partial charge in [0.1, 0.15) is 24.4 Å². The summed E-state index contributed by atoms with van der Waals surface area (Å²) in [7, 11) is 0. The highest BCUT2D eigenvalue weighted by Gasteiger charge is 2.44. The quantitative estimate of drug-likeness (QED) is 0.0293. The second kappa shape index (κ2) is 32.6. The lowest BCUT2D eigenvalue weighted by atomic mass is 9.99. The van der Waals surface area contributed by atoms with Gasteiger partial charge in [0.2, 0.25) is 5.91 Å². The molecule has 296 valence electrons. The topological polar surface area (TPSA) is 149 Å². The van der Waals surface area contributed by atoms with Crippen molar-refractivity contribution in [3.8, 4) is 0 Å². The minimum Gasteiger partial charge on any atom is -0.394 e. The van der Waals surface area contributed by atoms with Crippen LogP contribution in [-0.2, 0) is 14.3 Å². The number of allylic oxidation sites excluding steroid dienone is 1. The molecule has 0 spiro atoms. The van der Waals surface area contributed by atoms with E-state index >= 15 is 0 Å². The van der Waals surface area contributed by atoms with E-state index in [9.17, 15) is 30.3 Å². The number of carbonyl (C=O) groups is 1. The van der Waals surface area contributed by atoms with Crippen molar-refractivity contribution in [1.82, 2.24) is 5.32 Å². The summed E-state index contributed by atoms with van der Waals surface area (Å²) in [6.45, 7) is 3.76. The molecule has 1 amide bonds. The number of rotatable bonds is 34. The summed E-state index contributed by atoms with van der Waals surface area (Å²) in [5.41, 5.74) is 0. The summed E-state index contributed by atoms with van der Waals surface area (Å²) in [5, 5.41) is 54.0. The van der Waals surface area contributed by atoms with Crippen molar-refractivity contribution in [2.45, 2.75) is 230 Å². The van der Waals surface area contributed by atoms with Gasteiger partial charge in [-0.25, -0.2) is 0 Å². The van der Waals surface area contributed by atoms with Crippen LogP contribution in [0.1, 0.15) is 187 Å². The molecule has 7 atom stereocenters. The summed E-state index contributed by atoms with van der Waals surface area (Å²) in [6, 6.07) is -0.796. The van der Waals surface area contributed by atoms with Gasteiger partial charge in [0, 0.05) is 6.42 Å². The number of hydrogen-bond donors (Lipinski definition) is 6. The molecule has 0 unspecified atom stereocenters. The SMILES string of the molecule is CCCCCCCCCCCCC/C=C/[C@H](O)[C@H](CO[C@H]1O[C@@H](CO)[C@H](O)[C@@H](O)[C@@H]1O)NC(=O)CCCCCCCCCCCCCCCC. The van der Waals surface area contributed by atoms with Crippen molar-refractivity contribution in [3.63, 3.8) is 0 Å². The van der Waals surface area contributed by atoms with Gasteiger partial charge in [0.25, 0.3) is 0 Å². The van der Waals surface area contributed by atoms with Crippen molar-refractivity contribution in [2.75, 3.05) is 13.2 Å². The molecule has 9 nitrogen and oxygen atoms in total. The van der Waals surface area contributed by atoms with Crippen LogP contribution in [0.2, 0.25) is 0 Å². The first-order valence-electron chi connectivity index (χ1n) is 20.9. The number of amides is 1. The summed E-state index contributed by atoms with van der Waals surface area (Å²) >= 11 is 0. The van der Waals surface area contributed by atoms with E-state index in [2.05, 4.69) is 19.2 Å². The largest absolute Gasteiger partial charge is 0.394 e. The number of ether oxygens (including phenoxy) is 2. The molecule has 9 heteroatoms. The van der Waals surface area contributed by atoms with Crippen LogP contribution < -0.4 is 5.32 Å². The average Bonchev–Trinajstić information content (AvgIpc) is 3.11. The van der Waals surface area contributed by atoms with Crippen LogP contribution >= 0.6 is 0 Å². The maximum absolute atomic E-state index is 12.9. The van der Waals surface area contributed by atoms with E-state index in [1.54, 1.807) is 6.08 Å².